The summed E-state index contributed by atoms with van der Waals surface area (Å²) in [6.07, 6.45) is -0.391. The van der Waals surface area contributed by atoms with Gasteiger partial charge in [-0.05, 0) is 26.2 Å². The molecule has 0 amide bonds. The fourth-order valence-electron chi connectivity index (χ4n) is 1.66. The van der Waals surface area contributed by atoms with Crippen LogP contribution in [0.5, 0.6) is 0 Å². The molecule has 1 rings (SSSR count). The van der Waals surface area contributed by atoms with Gasteiger partial charge in [-0.3, -0.25) is 10.1 Å². The minimum Gasteiger partial charge on any atom is -0.455 e. The van der Waals surface area contributed by atoms with Gasteiger partial charge in [0.15, 0.2) is 0 Å². The van der Waals surface area contributed by atoms with Gasteiger partial charge in [-0.2, -0.15) is 0 Å². The molecule has 20 heavy (non-hydrogen) atoms. The molecule has 0 saturated heterocycles. The molecule has 7 nitrogen and oxygen atoms in total. The monoisotopic (exact) mass is 282 g/mol. The highest BCUT2D eigenvalue weighted by Crippen LogP contribution is 2.13. The normalized spacial score (nSPS) is 12.2. The largest absolute Gasteiger partial charge is 0.455 e. The average molecular weight is 282 g/mol. The number of methoxy groups -OCH3 is 1. The molecule has 0 bridgehead atoms. The van der Waals surface area contributed by atoms with Crippen LogP contribution in [0.3, 0.4) is 0 Å². The molecule has 0 N–H and O–H groups in total. The van der Waals surface area contributed by atoms with Crippen molar-refractivity contribution in [1.82, 2.24) is 4.90 Å². The Kier molecular flexibility index (Phi) is 6.08. The van der Waals surface area contributed by atoms with Gasteiger partial charge in [0.1, 0.15) is 6.10 Å². The molecular weight excluding hydrogens is 264 g/mol. The number of ether oxygens (including phenoxy) is 2. The van der Waals surface area contributed by atoms with Crippen molar-refractivity contribution in [2.45, 2.75) is 6.10 Å². The van der Waals surface area contributed by atoms with Crippen molar-refractivity contribution < 1.29 is 19.2 Å². The summed E-state index contributed by atoms with van der Waals surface area (Å²) in [5.74, 6) is -0.524. The molecule has 0 aromatic heterocycles. The third-order valence-corrected chi connectivity index (χ3v) is 2.51. The van der Waals surface area contributed by atoms with Crippen LogP contribution in [0.2, 0.25) is 0 Å². The zero-order valence-electron chi connectivity index (χ0n) is 11.7. The molecule has 0 fully saturated rings. The third-order valence-electron chi connectivity index (χ3n) is 2.51. The number of carbonyl (C=O) groups excluding carboxylic acids is 1. The molecule has 0 saturated carbocycles. The lowest BCUT2D eigenvalue weighted by atomic mass is 10.2. The topological polar surface area (TPSA) is 81.9 Å². The number of carbonyl (C=O) groups is 1. The first-order valence-corrected chi connectivity index (χ1v) is 6.03. The molecule has 1 aromatic rings. The van der Waals surface area contributed by atoms with E-state index in [1.54, 1.807) is 0 Å². The molecule has 0 heterocycles. The Morgan fingerprint density at radius 3 is 2.40 bits per heavy atom. The molecular formula is C13H18N2O5. The fourth-order valence-corrected chi connectivity index (χ4v) is 1.66. The molecule has 0 spiro atoms. The van der Waals surface area contributed by atoms with E-state index < -0.39 is 17.0 Å². The standard InChI is InChI=1S/C13H18N2O5/c1-14(2)8-12(9-19-3)20-13(16)10-4-6-11(7-5-10)15(17)18/h4-7,12H,8-9H2,1-3H3. The first-order valence-electron chi connectivity index (χ1n) is 6.03. The molecule has 0 aliphatic carbocycles. The molecule has 1 aromatic carbocycles. The fraction of sp³-hybridized carbons (Fsp3) is 0.462. The van der Waals surface area contributed by atoms with Crippen molar-refractivity contribution in [3.05, 3.63) is 39.9 Å². The molecule has 1 unspecified atom stereocenters. The van der Waals surface area contributed by atoms with Crippen molar-refractivity contribution in [3.8, 4) is 0 Å². The summed E-state index contributed by atoms with van der Waals surface area (Å²) >= 11 is 0. The summed E-state index contributed by atoms with van der Waals surface area (Å²) in [7, 11) is 5.26. The second-order valence-electron chi connectivity index (χ2n) is 4.55. The van der Waals surface area contributed by atoms with Crippen LogP contribution < -0.4 is 0 Å². The van der Waals surface area contributed by atoms with Crippen LogP contribution in [-0.4, -0.2) is 56.3 Å². The summed E-state index contributed by atoms with van der Waals surface area (Å²) in [5, 5.41) is 10.5. The molecule has 1 atom stereocenters. The highest BCUT2D eigenvalue weighted by Gasteiger charge is 2.17. The van der Waals surface area contributed by atoms with Crippen LogP contribution in [0.25, 0.3) is 0 Å². The summed E-state index contributed by atoms with van der Waals surface area (Å²) in [5.41, 5.74) is 0.207. The van der Waals surface area contributed by atoms with Gasteiger partial charge in [0.25, 0.3) is 5.69 Å². The lowest BCUT2D eigenvalue weighted by molar-refractivity contribution is -0.384. The summed E-state index contributed by atoms with van der Waals surface area (Å²) < 4.78 is 10.3. The van der Waals surface area contributed by atoms with Gasteiger partial charge in [0.2, 0.25) is 0 Å². The number of likely N-dealkylation sites (N-methyl/N-ethyl adjacent to an activating group) is 1. The van der Waals surface area contributed by atoms with Gasteiger partial charge in [-0.1, -0.05) is 0 Å². The second-order valence-corrected chi connectivity index (χ2v) is 4.55. The number of hydrogen-bond donors (Lipinski definition) is 0. The first kappa shape index (κ1) is 16.1. The van der Waals surface area contributed by atoms with Crippen molar-refractivity contribution >= 4 is 11.7 Å². The Morgan fingerprint density at radius 2 is 1.95 bits per heavy atom. The van der Waals surface area contributed by atoms with Crippen LogP contribution in [0.15, 0.2) is 24.3 Å². The van der Waals surface area contributed by atoms with E-state index in [9.17, 15) is 14.9 Å². The van der Waals surface area contributed by atoms with Crippen molar-refractivity contribution in [3.63, 3.8) is 0 Å². The summed E-state index contributed by atoms with van der Waals surface area (Å²) in [4.78, 5) is 23.8. The number of nitro benzene ring substituents is 1. The number of nitro groups is 1. The molecule has 0 aliphatic heterocycles. The van der Waals surface area contributed by atoms with Gasteiger partial charge in [0, 0.05) is 25.8 Å². The Hall–Kier alpha value is -1.99. The Balaban J connectivity index is 2.70. The second kappa shape index (κ2) is 7.56. The van der Waals surface area contributed by atoms with Crippen LogP contribution in [0.4, 0.5) is 5.69 Å². The Bertz CT molecular complexity index is 458. The van der Waals surface area contributed by atoms with E-state index in [1.165, 1.54) is 31.4 Å². The van der Waals surface area contributed by atoms with Crippen LogP contribution in [0, 0.1) is 10.1 Å². The third kappa shape index (κ3) is 4.94. The molecule has 0 radical (unpaired) electrons. The number of esters is 1. The van der Waals surface area contributed by atoms with Crippen molar-refractivity contribution in [2.24, 2.45) is 0 Å². The van der Waals surface area contributed by atoms with E-state index in [2.05, 4.69) is 0 Å². The quantitative estimate of drug-likeness (QED) is 0.426. The first-order chi connectivity index (χ1) is 9.43. The van der Waals surface area contributed by atoms with Crippen molar-refractivity contribution in [1.29, 1.82) is 0 Å². The van der Waals surface area contributed by atoms with Gasteiger partial charge >= 0.3 is 5.97 Å². The number of rotatable bonds is 7. The number of hydrogen-bond acceptors (Lipinski definition) is 6. The molecule has 7 heteroatoms. The zero-order chi connectivity index (χ0) is 15.1. The lowest BCUT2D eigenvalue weighted by Gasteiger charge is -2.20. The number of nitrogens with zero attached hydrogens (tertiary/aromatic N) is 2. The summed E-state index contributed by atoms with van der Waals surface area (Å²) in [6, 6.07) is 5.29. The Morgan fingerprint density at radius 1 is 1.35 bits per heavy atom. The minimum absolute atomic E-state index is 0.0664. The van der Waals surface area contributed by atoms with Crippen LogP contribution in [0.1, 0.15) is 10.4 Å². The van der Waals surface area contributed by atoms with Crippen LogP contribution in [-0.2, 0) is 9.47 Å². The molecule has 0 aliphatic rings. The minimum atomic E-state index is -0.524. The van der Waals surface area contributed by atoms with E-state index in [0.717, 1.165) is 0 Å². The van der Waals surface area contributed by atoms with Gasteiger partial charge in [0.05, 0.1) is 17.1 Å². The van der Waals surface area contributed by atoms with Gasteiger partial charge in [-0.15, -0.1) is 0 Å². The zero-order valence-corrected chi connectivity index (χ0v) is 11.7. The highest BCUT2D eigenvalue weighted by molar-refractivity contribution is 5.89. The maximum atomic E-state index is 11.9. The van der Waals surface area contributed by atoms with Crippen LogP contribution >= 0.6 is 0 Å². The highest BCUT2D eigenvalue weighted by atomic mass is 16.6. The van der Waals surface area contributed by atoms with E-state index in [1.807, 2.05) is 19.0 Å². The maximum absolute atomic E-state index is 11.9. The lowest BCUT2D eigenvalue weighted by Crippen LogP contribution is -2.33. The Labute approximate surface area is 117 Å². The number of non-ortho nitro benzene ring substituents is 1. The van der Waals surface area contributed by atoms with E-state index in [4.69, 9.17) is 9.47 Å². The van der Waals surface area contributed by atoms with Gasteiger partial charge in [-0.25, -0.2) is 4.79 Å². The van der Waals surface area contributed by atoms with E-state index in [0.29, 0.717) is 6.54 Å². The average Bonchev–Trinajstić information content (AvgIpc) is 2.38. The van der Waals surface area contributed by atoms with E-state index in [-0.39, 0.29) is 17.9 Å². The van der Waals surface area contributed by atoms with E-state index >= 15 is 0 Å². The predicted molar refractivity (Wildman–Crippen MR) is 72.7 cm³/mol. The van der Waals surface area contributed by atoms with Crippen molar-refractivity contribution in [2.75, 3.05) is 34.4 Å². The summed E-state index contributed by atoms with van der Waals surface area (Å²) in [6.45, 7) is 0.823. The predicted octanol–water partition coefficient (Wildman–Crippen LogP) is 1.33. The molecule has 110 valence electrons. The van der Waals surface area contributed by atoms with Gasteiger partial charge < -0.3 is 14.4 Å². The smallest absolute Gasteiger partial charge is 0.338 e. The maximum Gasteiger partial charge on any atom is 0.338 e. The number of benzene rings is 1. The SMILES string of the molecule is COCC(CN(C)C)OC(=O)c1ccc([N+](=O)[O-])cc1.